The predicted molar refractivity (Wildman–Crippen MR) is 112 cm³/mol. The zero-order valence-corrected chi connectivity index (χ0v) is 18.6. The van der Waals surface area contributed by atoms with Gasteiger partial charge in [-0.2, -0.15) is 0 Å². The summed E-state index contributed by atoms with van der Waals surface area (Å²) in [5, 5.41) is 0. The van der Waals surface area contributed by atoms with Gasteiger partial charge in [-0.05, 0) is 31.1 Å². The number of unbranched alkanes of at least 4 members (excludes halogenated alkanes) is 5. The molecule has 0 heterocycles. The molecule has 4 nitrogen and oxygen atoms in total. The third-order valence-electron chi connectivity index (χ3n) is 4.23. The molecule has 27 heavy (non-hydrogen) atoms. The molecule has 0 saturated carbocycles. The largest absolute Gasteiger partial charge is 0.462 e. The Balaban J connectivity index is 5.20. The molecule has 0 aliphatic carbocycles. The van der Waals surface area contributed by atoms with Gasteiger partial charge in [0.1, 0.15) is 0 Å². The van der Waals surface area contributed by atoms with Crippen molar-refractivity contribution >= 4 is 11.9 Å². The van der Waals surface area contributed by atoms with E-state index in [1.165, 1.54) is 25.7 Å². The van der Waals surface area contributed by atoms with Crippen LogP contribution in [0.3, 0.4) is 0 Å². The summed E-state index contributed by atoms with van der Waals surface area (Å²) in [7, 11) is 0. The number of esters is 2. The monoisotopic (exact) mass is 382 g/mol. The van der Waals surface area contributed by atoms with Crippen molar-refractivity contribution < 1.29 is 19.1 Å². The SMILES string of the molecule is CCCCCCCC/C(C(=O)OCC(C)C)=C(\CCC)C(=O)OCC(C)C. The number of hydrogen-bond acceptors (Lipinski definition) is 4. The first-order valence-electron chi connectivity index (χ1n) is 10.9. The van der Waals surface area contributed by atoms with Crippen LogP contribution in [-0.4, -0.2) is 25.2 Å². The first-order valence-corrected chi connectivity index (χ1v) is 10.9. The van der Waals surface area contributed by atoms with E-state index in [0.29, 0.717) is 37.2 Å². The fourth-order valence-electron chi connectivity index (χ4n) is 2.74. The summed E-state index contributed by atoms with van der Waals surface area (Å²) in [5.41, 5.74) is 1.04. The maximum Gasteiger partial charge on any atom is 0.334 e. The van der Waals surface area contributed by atoms with Crippen LogP contribution in [0.1, 0.15) is 99.3 Å². The molecule has 0 aliphatic rings. The molecule has 0 fully saturated rings. The Kier molecular flexibility index (Phi) is 14.9. The molecule has 0 radical (unpaired) electrons. The predicted octanol–water partition coefficient (Wildman–Crippen LogP) is 6.23. The van der Waals surface area contributed by atoms with Gasteiger partial charge < -0.3 is 9.47 Å². The second-order valence-electron chi connectivity index (χ2n) is 8.21. The number of carbonyl (C=O) groups is 2. The van der Waals surface area contributed by atoms with Crippen LogP contribution in [0, 0.1) is 11.8 Å². The van der Waals surface area contributed by atoms with Crippen molar-refractivity contribution in [2.45, 2.75) is 99.3 Å². The zero-order chi connectivity index (χ0) is 20.7. The quantitative estimate of drug-likeness (QED) is 0.191. The van der Waals surface area contributed by atoms with Crippen LogP contribution in [0.15, 0.2) is 11.1 Å². The molecule has 0 aromatic heterocycles. The molecule has 0 amide bonds. The van der Waals surface area contributed by atoms with Crippen LogP contribution in [-0.2, 0) is 19.1 Å². The minimum absolute atomic E-state index is 0.270. The highest BCUT2D eigenvalue weighted by Gasteiger charge is 2.23. The minimum atomic E-state index is -0.354. The van der Waals surface area contributed by atoms with E-state index in [2.05, 4.69) is 6.92 Å². The molecule has 4 heteroatoms. The summed E-state index contributed by atoms with van der Waals surface area (Å²) in [4.78, 5) is 25.3. The Hall–Kier alpha value is -1.32. The van der Waals surface area contributed by atoms with E-state index in [4.69, 9.17) is 9.47 Å². The van der Waals surface area contributed by atoms with Crippen molar-refractivity contribution in [3.05, 3.63) is 11.1 Å². The van der Waals surface area contributed by atoms with Crippen molar-refractivity contribution in [2.24, 2.45) is 11.8 Å². The molecule has 0 aromatic carbocycles. The van der Waals surface area contributed by atoms with Gasteiger partial charge in [0, 0.05) is 11.1 Å². The van der Waals surface area contributed by atoms with Crippen LogP contribution < -0.4 is 0 Å². The molecule has 0 saturated heterocycles. The first kappa shape index (κ1) is 25.7. The van der Waals surface area contributed by atoms with Crippen LogP contribution >= 0.6 is 0 Å². The fourth-order valence-corrected chi connectivity index (χ4v) is 2.74. The van der Waals surface area contributed by atoms with Gasteiger partial charge >= 0.3 is 11.9 Å². The van der Waals surface area contributed by atoms with Crippen LogP contribution in [0.25, 0.3) is 0 Å². The summed E-state index contributed by atoms with van der Waals surface area (Å²) < 4.78 is 10.9. The third kappa shape index (κ3) is 12.6. The van der Waals surface area contributed by atoms with E-state index in [1.54, 1.807) is 0 Å². The molecular weight excluding hydrogens is 340 g/mol. The highest BCUT2D eigenvalue weighted by Crippen LogP contribution is 2.22. The van der Waals surface area contributed by atoms with Gasteiger partial charge in [-0.1, -0.05) is 80.1 Å². The van der Waals surface area contributed by atoms with Crippen molar-refractivity contribution in [1.29, 1.82) is 0 Å². The van der Waals surface area contributed by atoms with E-state index in [0.717, 1.165) is 19.3 Å². The van der Waals surface area contributed by atoms with Crippen molar-refractivity contribution in [2.75, 3.05) is 13.2 Å². The van der Waals surface area contributed by atoms with Crippen molar-refractivity contribution in [3.8, 4) is 0 Å². The Morgan fingerprint density at radius 3 is 1.52 bits per heavy atom. The standard InChI is InChI=1S/C23H42O4/c1-7-9-10-11-12-13-15-21(23(25)27-17-19(5)6)20(14-8-2)22(24)26-16-18(3)4/h18-19H,7-17H2,1-6H3/b21-20-. The average Bonchev–Trinajstić information content (AvgIpc) is 2.62. The number of carbonyl (C=O) groups excluding carboxylic acids is 2. The number of hydrogen-bond donors (Lipinski definition) is 0. The van der Waals surface area contributed by atoms with Gasteiger partial charge in [0.05, 0.1) is 13.2 Å². The van der Waals surface area contributed by atoms with Gasteiger partial charge in [-0.15, -0.1) is 0 Å². The van der Waals surface area contributed by atoms with Crippen LogP contribution in [0.5, 0.6) is 0 Å². The van der Waals surface area contributed by atoms with Crippen LogP contribution in [0.4, 0.5) is 0 Å². The Morgan fingerprint density at radius 2 is 1.07 bits per heavy atom. The molecule has 0 spiro atoms. The Bertz CT molecular complexity index is 449. The summed E-state index contributed by atoms with van der Waals surface area (Å²) in [5.74, 6) is -0.159. The molecule has 0 aromatic rings. The lowest BCUT2D eigenvalue weighted by Crippen LogP contribution is -2.19. The summed E-state index contributed by atoms with van der Waals surface area (Å²) in [6.07, 6.45) is 8.78. The fraction of sp³-hybridized carbons (Fsp3) is 0.826. The first-order chi connectivity index (χ1) is 12.8. The second kappa shape index (κ2) is 15.7. The maximum atomic E-state index is 12.7. The van der Waals surface area contributed by atoms with E-state index in [-0.39, 0.29) is 23.8 Å². The van der Waals surface area contributed by atoms with E-state index < -0.39 is 0 Å². The Morgan fingerprint density at radius 1 is 0.630 bits per heavy atom. The van der Waals surface area contributed by atoms with Crippen molar-refractivity contribution in [1.82, 2.24) is 0 Å². The summed E-state index contributed by atoms with van der Waals surface area (Å²) in [6, 6.07) is 0. The number of rotatable bonds is 15. The highest BCUT2D eigenvalue weighted by molar-refractivity contribution is 6.00. The second-order valence-corrected chi connectivity index (χ2v) is 8.21. The molecule has 0 bridgehead atoms. The Labute approximate surface area is 167 Å². The van der Waals surface area contributed by atoms with Gasteiger partial charge in [-0.25, -0.2) is 9.59 Å². The highest BCUT2D eigenvalue weighted by atomic mass is 16.5. The maximum absolute atomic E-state index is 12.7. The minimum Gasteiger partial charge on any atom is -0.462 e. The molecule has 0 atom stereocenters. The van der Waals surface area contributed by atoms with Crippen LogP contribution in [0.2, 0.25) is 0 Å². The topological polar surface area (TPSA) is 52.6 Å². The van der Waals surface area contributed by atoms with E-state index >= 15 is 0 Å². The summed E-state index contributed by atoms with van der Waals surface area (Å²) in [6.45, 7) is 13.0. The van der Waals surface area contributed by atoms with E-state index in [1.807, 2.05) is 34.6 Å². The molecule has 0 rings (SSSR count). The molecule has 158 valence electrons. The zero-order valence-electron chi connectivity index (χ0n) is 18.6. The average molecular weight is 383 g/mol. The lowest BCUT2D eigenvalue weighted by Gasteiger charge is -2.16. The smallest absolute Gasteiger partial charge is 0.334 e. The van der Waals surface area contributed by atoms with Crippen molar-refractivity contribution in [3.63, 3.8) is 0 Å². The number of ether oxygens (including phenoxy) is 2. The molecular formula is C23H42O4. The molecule has 0 aliphatic heterocycles. The summed E-state index contributed by atoms with van der Waals surface area (Å²) >= 11 is 0. The lowest BCUT2D eigenvalue weighted by molar-refractivity contribution is -0.143. The lowest BCUT2D eigenvalue weighted by atomic mass is 9.97. The third-order valence-corrected chi connectivity index (χ3v) is 4.23. The van der Waals surface area contributed by atoms with Gasteiger partial charge in [0.25, 0.3) is 0 Å². The van der Waals surface area contributed by atoms with E-state index in [9.17, 15) is 9.59 Å². The molecule has 0 N–H and O–H groups in total. The van der Waals surface area contributed by atoms with Gasteiger partial charge in [-0.3, -0.25) is 0 Å². The normalized spacial score (nSPS) is 12.3. The van der Waals surface area contributed by atoms with Gasteiger partial charge in [0.2, 0.25) is 0 Å². The van der Waals surface area contributed by atoms with Gasteiger partial charge in [0.15, 0.2) is 0 Å². The molecule has 0 unspecified atom stereocenters.